The molecule has 0 aliphatic rings. The fraction of sp³-hybridized carbons (Fsp3) is 0.889. The van der Waals surface area contributed by atoms with Crippen molar-refractivity contribution in [3.63, 3.8) is 0 Å². The molecule has 0 fully saturated rings. The summed E-state index contributed by atoms with van der Waals surface area (Å²) < 4.78 is 0. The molecule has 0 spiro atoms. The van der Waals surface area contributed by atoms with Crippen LogP contribution >= 0.6 is 0 Å². The Morgan fingerprint density at radius 1 is 1.33 bits per heavy atom. The SMILES string of the molecule is CCC(CC)NC(=O)C(C)NC. The highest BCUT2D eigenvalue weighted by Gasteiger charge is 2.12. The molecule has 0 saturated carbocycles. The third kappa shape index (κ3) is 3.72. The minimum absolute atomic E-state index is 0.0891. The van der Waals surface area contributed by atoms with Crippen molar-refractivity contribution in [3.05, 3.63) is 0 Å². The normalized spacial score (nSPS) is 13.1. The van der Waals surface area contributed by atoms with Crippen LogP contribution in [-0.4, -0.2) is 25.0 Å². The van der Waals surface area contributed by atoms with Crippen molar-refractivity contribution in [1.82, 2.24) is 10.6 Å². The fourth-order valence-electron chi connectivity index (χ4n) is 0.950. The average molecular weight is 172 g/mol. The minimum atomic E-state index is -0.0920. The number of rotatable bonds is 5. The molecule has 0 bridgehead atoms. The molecule has 0 rings (SSSR count). The Morgan fingerprint density at radius 2 is 1.83 bits per heavy atom. The molecular formula is C9H20N2O. The van der Waals surface area contributed by atoms with Gasteiger partial charge in [-0.3, -0.25) is 4.79 Å². The molecule has 0 aromatic rings. The topological polar surface area (TPSA) is 41.1 Å². The molecular weight excluding hydrogens is 152 g/mol. The van der Waals surface area contributed by atoms with E-state index in [0.717, 1.165) is 12.8 Å². The molecule has 0 aromatic carbocycles. The van der Waals surface area contributed by atoms with Crippen LogP contribution in [-0.2, 0) is 4.79 Å². The first-order chi connectivity index (χ1) is 5.65. The molecule has 0 radical (unpaired) electrons. The lowest BCUT2D eigenvalue weighted by molar-refractivity contribution is -0.123. The van der Waals surface area contributed by atoms with Gasteiger partial charge in [-0.05, 0) is 26.8 Å². The van der Waals surface area contributed by atoms with Crippen LogP contribution < -0.4 is 10.6 Å². The van der Waals surface area contributed by atoms with E-state index in [9.17, 15) is 4.79 Å². The number of hydrogen-bond acceptors (Lipinski definition) is 2. The van der Waals surface area contributed by atoms with Crippen molar-refractivity contribution in [2.24, 2.45) is 0 Å². The summed E-state index contributed by atoms with van der Waals surface area (Å²) in [5, 5.41) is 5.87. The van der Waals surface area contributed by atoms with Gasteiger partial charge in [-0.1, -0.05) is 13.8 Å². The number of carbonyl (C=O) groups excluding carboxylic acids is 1. The van der Waals surface area contributed by atoms with Crippen LogP contribution in [0.2, 0.25) is 0 Å². The van der Waals surface area contributed by atoms with Crippen molar-refractivity contribution in [1.29, 1.82) is 0 Å². The Morgan fingerprint density at radius 3 is 2.17 bits per heavy atom. The Bertz CT molecular complexity index is 132. The van der Waals surface area contributed by atoms with Crippen molar-refractivity contribution in [3.8, 4) is 0 Å². The molecule has 0 saturated heterocycles. The fourth-order valence-corrected chi connectivity index (χ4v) is 0.950. The van der Waals surface area contributed by atoms with Crippen LogP contribution in [0, 0.1) is 0 Å². The molecule has 1 unspecified atom stereocenters. The lowest BCUT2D eigenvalue weighted by Crippen LogP contribution is -2.44. The Hall–Kier alpha value is -0.570. The predicted molar refractivity (Wildman–Crippen MR) is 51.0 cm³/mol. The van der Waals surface area contributed by atoms with E-state index in [1.807, 2.05) is 6.92 Å². The van der Waals surface area contributed by atoms with E-state index in [-0.39, 0.29) is 11.9 Å². The van der Waals surface area contributed by atoms with E-state index in [1.165, 1.54) is 0 Å². The molecule has 1 amide bonds. The third-order valence-electron chi connectivity index (χ3n) is 2.16. The number of likely N-dealkylation sites (N-methyl/N-ethyl adjacent to an activating group) is 1. The van der Waals surface area contributed by atoms with Crippen molar-refractivity contribution >= 4 is 5.91 Å². The number of nitrogens with one attached hydrogen (secondary N) is 2. The monoisotopic (exact) mass is 172 g/mol. The van der Waals surface area contributed by atoms with E-state index in [2.05, 4.69) is 24.5 Å². The molecule has 0 heterocycles. The second-order valence-corrected chi connectivity index (χ2v) is 3.03. The van der Waals surface area contributed by atoms with Gasteiger partial charge in [0.25, 0.3) is 0 Å². The van der Waals surface area contributed by atoms with E-state index < -0.39 is 0 Å². The average Bonchev–Trinajstić information content (AvgIpc) is 2.12. The second-order valence-electron chi connectivity index (χ2n) is 3.03. The van der Waals surface area contributed by atoms with Gasteiger partial charge in [0.2, 0.25) is 5.91 Å². The van der Waals surface area contributed by atoms with Gasteiger partial charge < -0.3 is 10.6 Å². The summed E-state index contributed by atoms with van der Waals surface area (Å²) in [6, 6.07) is 0.235. The maximum absolute atomic E-state index is 11.3. The van der Waals surface area contributed by atoms with Gasteiger partial charge in [-0.15, -0.1) is 0 Å². The summed E-state index contributed by atoms with van der Waals surface area (Å²) in [7, 11) is 1.79. The Kier molecular flexibility index (Phi) is 5.72. The minimum Gasteiger partial charge on any atom is -0.352 e. The maximum atomic E-state index is 11.3. The van der Waals surface area contributed by atoms with Gasteiger partial charge in [0.05, 0.1) is 6.04 Å². The predicted octanol–water partition coefficient (Wildman–Crippen LogP) is 0.899. The Balaban J connectivity index is 3.81. The van der Waals surface area contributed by atoms with E-state index in [4.69, 9.17) is 0 Å². The van der Waals surface area contributed by atoms with E-state index in [0.29, 0.717) is 6.04 Å². The van der Waals surface area contributed by atoms with Crippen LogP contribution in [0.4, 0.5) is 0 Å². The molecule has 3 nitrogen and oxygen atoms in total. The second kappa shape index (κ2) is 6.00. The zero-order valence-electron chi connectivity index (χ0n) is 8.48. The molecule has 1 atom stereocenters. The molecule has 0 aromatic heterocycles. The van der Waals surface area contributed by atoms with Gasteiger partial charge in [0, 0.05) is 6.04 Å². The number of carbonyl (C=O) groups is 1. The van der Waals surface area contributed by atoms with Gasteiger partial charge in [0.1, 0.15) is 0 Å². The van der Waals surface area contributed by atoms with Crippen LogP contribution in [0.5, 0.6) is 0 Å². The van der Waals surface area contributed by atoms with Crippen molar-refractivity contribution in [2.75, 3.05) is 7.05 Å². The maximum Gasteiger partial charge on any atom is 0.237 e. The lowest BCUT2D eigenvalue weighted by Gasteiger charge is -2.17. The largest absolute Gasteiger partial charge is 0.352 e. The van der Waals surface area contributed by atoms with Gasteiger partial charge in [-0.25, -0.2) is 0 Å². The molecule has 0 aliphatic heterocycles. The summed E-state index contributed by atoms with van der Waals surface area (Å²) in [5.74, 6) is 0.0891. The molecule has 0 aliphatic carbocycles. The highest BCUT2D eigenvalue weighted by molar-refractivity contribution is 5.81. The summed E-state index contributed by atoms with van der Waals surface area (Å²) in [6.45, 7) is 6.02. The standard InChI is InChI=1S/C9H20N2O/c1-5-8(6-2)11-9(12)7(3)10-4/h7-8,10H,5-6H2,1-4H3,(H,11,12). The van der Waals surface area contributed by atoms with Crippen LogP contribution in [0.25, 0.3) is 0 Å². The molecule has 3 heteroatoms. The zero-order valence-corrected chi connectivity index (χ0v) is 8.48. The first-order valence-electron chi connectivity index (χ1n) is 4.63. The highest BCUT2D eigenvalue weighted by atomic mass is 16.2. The van der Waals surface area contributed by atoms with E-state index >= 15 is 0 Å². The smallest absolute Gasteiger partial charge is 0.237 e. The van der Waals surface area contributed by atoms with E-state index in [1.54, 1.807) is 7.05 Å². The molecule has 12 heavy (non-hydrogen) atoms. The number of hydrogen-bond donors (Lipinski definition) is 2. The van der Waals surface area contributed by atoms with Gasteiger partial charge >= 0.3 is 0 Å². The summed E-state index contributed by atoms with van der Waals surface area (Å²) in [5.41, 5.74) is 0. The summed E-state index contributed by atoms with van der Waals surface area (Å²) in [4.78, 5) is 11.3. The van der Waals surface area contributed by atoms with Crippen LogP contribution in [0.3, 0.4) is 0 Å². The van der Waals surface area contributed by atoms with Gasteiger partial charge in [-0.2, -0.15) is 0 Å². The Labute approximate surface area is 74.9 Å². The highest BCUT2D eigenvalue weighted by Crippen LogP contribution is 1.96. The summed E-state index contributed by atoms with van der Waals surface area (Å²) in [6.07, 6.45) is 2.00. The zero-order chi connectivity index (χ0) is 9.56. The van der Waals surface area contributed by atoms with Crippen LogP contribution in [0.1, 0.15) is 33.6 Å². The quantitative estimate of drug-likeness (QED) is 0.647. The van der Waals surface area contributed by atoms with Crippen molar-refractivity contribution in [2.45, 2.75) is 45.7 Å². The third-order valence-corrected chi connectivity index (χ3v) is 2.16. The first kappa shape index (κ1) is 11.4. The number of amides is 1. The molecule has 2 N–H and O–H groups in total. The van der Waals surface area contributed by atoms with Crippen LogP contribution in [0.15, 0.2) is 0 Å². The lowest BCUT2D eigenvalue weighted by atomic mass is 10.1. The van der Waals surface area contributed by atoms with Crippen molar-refractivity contribution < 1.29 is 4.79 Å². The van der Waals surface area contributed by atoms with Gasteiger partial charge in [0.15, 0.2) is 0 Å². The summed E-state index contributed by atoms with van der Waals surface area (Å²) >= 11 is 0. The molecule has 72 valence electrons. The first-order valence-corrected chi connectivity index (χ1v) is 4.63.